The highest BCUT2D eigenvalue weighted by molar-refractivity contribution is 6.17. The topological polar surface area (TPSA) is 51.4 Å². The Bertz CT molecular complexity index is 558. The first-order valence-electron chi connectivity index (χ1n) is 6.26. The summed E-state index contributed by atoms with van der Waals surface area (Å²) < 4.78 is 11.3. The summed E-state index contributed by atoms with van der Waals surface area (Å²) in [5.74, 6) is 1.88. The van der Waals surface area contributed by atoms with Gasteiger partial charge in [-0.3, -0.25) is 4.90 Å². The van der Waals surface area contributed by atoms with Gasteiger partial charge in [-0.2, -0.15) is 0 Å². The zero-order valence-electron chi connectivity index (χ0n) is 10.4. The standard InChI is InChI=1S/C13H14ClN3O2/c14-7-6-12-15-16-13(19-12)17-8-3-9-18-11-5-2-1-4-10(11)17/h1-2,4-5H,3,6-9H2. The Kier molecular flexibility index (Phi) is 3.55. The number of alkyl halides is 1. The number of hydrogen-bond donors (Lipinski definition) is 0. The SMILES string of the molecule is ClCCc1nnc(N2CCCOc3ccccc32)o1. The third-order valence-electron chi connectivity index (χ3n) is 2.94. The molecule has 0 spiro atoms. The van der Waals surface area contributed by atoms with E-state index in [4.69, 9.17) is 20.8 Å². The van der Waals surface area contributed by atoms with Crippen molar-refractivity contribution in [3.05, 3.63) is 30.2 Å². The van der Waals surface area contributed by atoms with Gasteiger partial charge in [-0.1, -0.05) is 17.2 Å². The van der Waals surface area contributed by atoms with Crippen molar-refractivity contribution in [2.75, 3.05) is 23.9 Å². The predicted molar refractivity (Wildman–Crippen MR) is 72.3 cm³/mol. The minimum absolute atomic E-state index is 0.474. The van der Waals surface area contributed by atoms with Crippen LogP contribution >= 0.6 is 11.6 Å². The molecule has 3 rings (SSSR count). The zero-order valence-corrected chi connectivity index (χ0v) is 11.1. The number of benzene rings is 1. The molecule has 0 N–H and O–H groups in total. The van der Waals surface area contributed by atoms with Crippen molar-refractivity contribution in [3.8, 4) is 5.75 Å². The molecule has 0 saturated heterocycles. The minimum Gasteiger partial charge on any atom is -0.491 e. The summed E-state index contributed by atoms with van der Waals surface area (Å²) in [6, 6.07) is 8.36. The molecule has 1 aromatic heterocycles. The van der Waals surface area contributed by atoms with E-state index in [1.54, 1.807) is 0 Å². The molecule has 5 nitrogen and oxygen atoms in total. The number of anilines is 2. The van der Waals surface area contributed by atoms with Gasteiger partial charge < -0.3 is 9.15 Å². The molecule has 6 heteroatoms. The van der Waals surface area contributed by atoms with E-state index in [2.05, 4.69) is 10.2 Å². The number of aryl methyl sites for hydroxylation is 1. The van der Waals surface area contributed by atoms with E-state index in [1.807, 2.05) is 29.2 Å². The second-order valence-electron chi connectivity index (χ2n) is 4.24. The first-order chi connectivity index (χ1) is 9.38. The Labute approximate surface area is 116 Å². The molecule has 1 aromatic carbocycles. The molecule has 19 heavy (non-hydrogen) atoms. The van der Waals surface area contributed by atoms with E-state index in [0.29, 0.717) is 30.8 Å². The van der Waals surface area contributed by atoms with Crippen LogP contribution < -0.4 is 9.64 Å². The maximum absolute atomic E-state index is 5.70. The van der Waals surface area contributed by atoms with E-state index in [9.17, 15) is 0 Å². The molecule has 0 unspecified atom stereocenters. The molecule has 2 aromatic rings. The Morgan fingerprint density at radius 2 is 2.16 bits per heavy atom. The average Bonchev–Trinajstić information content (AvgIpc) is 2.78. The highest BCUT2D eigenvalue weighted by Gasteiger charge is 2.21. The quantitative estimate of drug-likeness (QED) is 0.809. The second-order valence-corrected chi connectivity index (χ2v) is 4.62. The van der Waals surface area contributed by atoms with Gasteiger partial charge >= 0.3 is 6.01 Å². The number of ether oxygens (including phenoxy) is 1. The third-order valence-corrected chi connectivity index (χ3v) is 3.12. The highest BCUT2D eigenvalue weighted by atomic mass is 35.5. The Hall–Kier alpha value is -1.75. The monoisotopic (exact) mass is 279 g/mol. The van der Waals surface area contributed by atoms with Gasteiger partial charge in [-0.25, -0.2) is 0 Å². The lowest BCUT2D eigenvalue weighted by Crippen LogP contribution is -2.17. The van der Waals surface area contributed by atoms with Crippen LogP contribution in [0.3, 0.4) is 0 Å². The Balaban J connectivity index is 1.94. The van der Waals surface area contributed by atoms with Crippen LogP contribution in [0.4, 0.5) is 11.7 Å². The van der Waals surface area contributed by atoms with E-state index in [1.165, 1.54) is 0 Å². The molecule has 0 amide bonds. The fourth-order valence-electron chi connectivity index (χ4n) is 2.06. The summed E-state index contributed by atoms with van der Waals surface area (Å²) in [5, 5.41) is 8.10. The van der Waals surface area contributed by atoms with Gasteiger partial charge in [0.15, 0.2) is 0 Å². The average molecular weight is 280 g/mol. The first kappa shape index (κ1) is 12.3. The van der Waals surface area contributed by atoms with Gasteiger partial charge in [0.2, 0.25) is 5.89 Å². The maximum atomic E-state index is 5.70. The van der Waals surface area contributed by atoms with E-state index >= 15 is 0 Å². The van der Waals surface area contributed by atoms with E-state index in [0.717, 1.165) is 24.4 Å². The summed E-state index contributed by atoms with van der Waals surface area (Å²) in [6.45, 7) is 1.48. The summed E-state index contributed by atoms with van der Waals surface area (Å²) in [7, 11) is 0. The van der Waals surface area contributed by atoms with Crippen LogP contribution in [0, 0.1) is 0 Å². The van der Waals surface area contributed by atoms with Crippen LogP contribution in [-0.2, 0) is 6.42 Å². The Morgan fingerprint density at radius 1 is 1.26 bits per heavy atom. The van der Waals surface area contributed by atoms with Gasteiger partial charge in [0.25, 0.3) is 0 Å². The van der Waals surface area contributed by atoms with Crippen LogP contribution in [0.5, 0.6) is 5.75 Å². The molecule has 100 valence electrons. The molecule has 0 fully saturated rings. The van der Waals surface area contributed by atoms with Crippen LogP contribution in [0.25, 0.3) is 0 Å². The van der Waals surface area contributed by atoms with Gasteiger partial charge in [0, 0.05) is 18.8 Å². The van der Waals surface area contributed by atoms with Crippen molar-refractivity contribution in [1.82, 2.24) is 10.2 Å². The zero-order chi connectivity index (χ0) is 13.1. The van der Waals surface area contributed by atoms with Crippen molar-refractivity contribution < 1.29 is 9.15 Å². The van der Waals surface area contributed by atoms with E-state index in [-0.39, 0.29) is 0 Å². The number of rotatable bonds is 3. The van der Waals surface area contributed by atoms with Crippen molar-refractivity contribution >= 4 is 23.3 Å². The van der Waals surface area contributed by atoms with Crippen LogP contribution in [0.2, 0.25) is 0 Å². The lowest BCUT2D eigenvalue weighted by atomic mass is 10.2. The predicted octanol–water partition coefficient (Wildman–Crippen LogP) is 2.77. The second kappa shape index (κ2) is 5.48. The highest BCUT2D eigenvalue weighted by Crippen LogP contribution is 2.34. The number of aromatic nitrogens is 2. The fourth-order valence-corrected chi connectivity index (χ4v) is 2.22. The third kappa shape index (κ3) is 2.51. The fraction of sp³-hybridized carbons (Fsp3) is 0.385. The molecular weight excluding hydrogens is 266 g/mol. The number of para-hydroxylation sites is 2. The molecule has 1 aliphatic heterocycles. The normalized spacial score (nSPS) is 14.7. The molecule has 0 radical (unpaired) electrons. The van der Waals surface area contributed by atoms with Gasteiger partial charge in [-0.05, 0) is 18.6 Å². The first-order valence-corrected chi connectivity index (χ1v) is 6.79. The minimum atomic E-state index is 0.474. The van der Waals surface area contributed by atoms with Crippen molar-refractivity contribution in [2.45, 2.75) is 12.8 Å². The summed E-state index contributed by atoms with van der Waals surface area (Å²) in [4.78, 5) is 1.99. The lowest BCUT2D eigenvalue weighted by molar-refractivity contribution is 0.322. The summed E-state index contributed by atoms with van der Waals surface area (Å²) in [6.07, 6.45) is 1.49. The summed E-state index contributed by atoms with van der Waals surface area (Å²) >= 11 is 5.68. The molecule has 0 saturated carbocycles. The van der Waals surface area contributed by atoms with Crippen LogP contribution in [0.15, 0.2) is 28.7 Å². The molecule has 0 aliphatic carbocycles. The van der Waals surface area contributed by atoms with Gasteiger partial charge in [0.1, 0.15) is 5.75 Å². The van der Waals surface area contributed by atoms with Gasteiger partial charge in [-0.15, -0.1) is 16.7 Å². The lowest BCUT2D eigenvalue weighted by Gasteiger charge is -2.18. The largest absolute Gasteiger partial charge is 0.491 e. The van der Waals surface area contributed by atoms with Gasteiger partial charge in [0.05, 0.1) is 12.3 Å². The number of fused-ring (bicyclic) bond motifs is 1. The van der Waals surface area contributed by atoms with Crippen molar-refractivity contribution in [1.29, 1.82) is 0 Å². The summed E-state index contributed by atoms with van der Waals surface area (Å²) in [5.41, 5.74) is 0.959. The number of halogens is 1. The molecule has 1 aliphatic rings. The molecule has 2 heterocycles. The van der Waals surface area contributed by atoms with Crippen molar-refractivity contribution in [3.63, 3.8) is 0 Å². The molecular formula is C13H14ClN3O2. The van der Waals surface area contributed by atoms with E-state index < -0.39 is 0 Å². The number of nitrogens with zero attached hydrogens (tertiary/aromatic N) is 3. The number of hydrogen-bond acceptors (Lipinski definition) is 5. The molecule has 0 bridgehead atoms. The smallest absolute Gasteiger partial charge is 0.322 e. The Morgan fingerprint density at radius 3 is 3.05 bits per heavy atom. The van der Waals surface area contributed by atoms with Crippen LogP contribution in [-0.4, -0.2) is 29.2 Å². The molecule has 0 atom stereocenters. The van der Waals surface area contributed by atoms with Crippen LogP contribution in [0.1, 0.15) is 12.3 Å². The maximum Gasteiger partial charge on any atom is 0.322 e. The van der Waals surface area contributed by atoms with Crippen molar-refractivity contribution in [2.24, 2.45) is 0 Å².